The Labute approximate surface area is 164 Å². The number of nitrogens with one attached hydrogen (secondary N) is 1. The summed E-state index contributed by atoms with van der Waals surface area (Å²) in [5.41, 5.74) is 0.929. The van der Waals surface area contributed by atoms with Crippen LogP contribution in [0.1, 0.15) is 25.3 Å². The minimum atomic E-state index is -5.06. The first kappa shape index (κ1) is 22.1. The van der Waals surface area contributed by atoms with Crippen LogP contribution in [0.2, 0.25) is 0 Å². The van der Waals surface area contributed by atoms with Gasteiger partial charge in [0, 0.05) is 23.0 Å². The van der Waals surface area contributed by atoms with Crippen LogP contribution in [-0.2, 0) is 23.9 Å². The molecule has 0 saturated carbocycles. The summed E-state index contributed by atoms with van der Waals surface area (Å²) >= 11 is 0. The van der Waals surface area contributed by atoms with Crippen molar-refractivity contribution in [2.75, 3.05) is 19.5 Å². The van der Waals surface area contributed by atoms with Gasteiger partial charge in [-0.25, -0.2) is 4.79 Å². The lowest BCUT2D eigenvalue weighted by atomic mass is 9.75. The SMILES string of the molecule is COC(=O)C1=C(C)N=C(C)C(C(=O)OC)C1c1cccc(NC(=O)C(F)(F)F)c1. The summed E-state index contributed by atoms with van der Waals surface area (Å²) < 4.78 is 47.3. The summed E-state index contributed by atoms with van der Waals surface area (Å²) in [6.07, 6.45) is -5.06. The summed E-state index contributed by atoms with van der Waals surface area (Å²) in [6, 6.07) is 5.46. The van der Waals surface area contributed by atoms with Gasteiger partial charge in [-0.05, 0) is 31.5 Å². The van der Waals surface area contributed by atoms with E-state index in [1.807, 2.05) is 0 Å². The van der Waals surface area contributed by atoms with E-state index >= 15 is 0 Å². The van der Waals surface area contributed by atoms with Gasteiger partial charge in [0.2, 0.25) is 0 Å². The highest BCUT2D eigenvalue weighted by atomic mass is 19.4. The molecule has 10 heteroatoms. The van der Waals surface area contributed by atoms with Crippen molar-refractivity contribution in [2.45, 2.75) is 25.9 Å². The van der Waals surface area contributed by atoms with Gasteiger partial charge in [-0.1, -0.05) is 12.1 Å². The number of hydrogen-bond acceptors (Lipinski definition) is 6. The van der Waals surface area contributed by atoms with Crippen LogP contribution in [0.25, 0.3) is 0 Å². The Kier molecular flexibility index (Phi) is 6.45. The number of halogens is 3. The van der Waals surface area contributed by atoms with E-state index in [-0.39, 0.29) is 11.3 Å². The Morgan fingerprint density at radius 2 is 1.76 bits per heavy atom. The number of ether oxygens (including phenoxy) is 2. The molecule has 0 fully saturated rings. The monoisotopic (exact) mass is 412 g/mol. The second-order valence-electron chi connectivity index (χ2n) is 6.30. The van der Waals surface area contributed by atoms with E-state index in [0.717, 1.165) is 7.11 Å². The Balaban J connectivity index is 2.59. The molecule has 0 bridgehead atoms. The molecule has 0 aromatic heterocycles. The molecule has 0 saturated heterocycles. The zero-order chi connectivity index (χ0) is 21.9. The van der Waals surface area contributed by atoms with E-state index in [2.05, 4.69) is 4.99 Å². The predicted molar refractivity (Wildman–Crippen MR) is 97.2 cm³/mol. The maximum atomic E-state index is 12.6. The number of carbonyl (C=O) groups excluding carboxylic acids is 3. The summed E-state index contributed by atoms with van der Waals surface area (Å²) in [6.45, 7) is 3.15. The Morgan fingerprint density at radius 3 is 2.31 bits per heavy atom. The first-order valence-electron chi connectivity index (χ1n) is 8.41. The molecule has 1 N–H and O–H groups in total. The minimum Gasteiger partial charge on any atom is -0.468 e. The smallest absolute Gasteiger partial charge is 0.468 e. The second kappa shape index (κ2) is 8.46. The maximum absolute atomic E-state index is 12.6. The normalized spacial score (nSPS) is 19.3. The highest BCUT2D eigenvalue weighted by Gasteiger charge is 2.42. The van der Waals surface area contributed by atoms with Gasteiger partial charge in [0.05, 0.1) is 19.8 Å². The van der Waals surface area contributed by atoms with Crippen molar-refractivity contribution in [2.24, 2.45) is 10.9 Å². The zero-order valence-corrected chi connectivity index (χ0v) is 16.1. The fraction of sp³-hybridized carbons (Fsp3) is 0.368. The number of amides is 1. The molecule has 29 heavy (non-hydrogen) atoms. The number of alkyl halides is 3. The van der Waals surface area contributed by atoms with Crippen molar-refractivity contribution in [1.29, 1.82) is 0 Å². The van der Waals surface area contributed by atoms with Gasteiger partial charge in [-0.2, -0.15) is 13.2 Å². The molecule has 0 spiro atoms. The van der Waals surface area contributed by atoms with Crippen molar-refractivity contribution >= 4 is 29.2 Å². The fourth-order valence-corrected chi connectivity index (χ4v) is 3.22. The van der Waals surface area contributed by atoms with E-state index in [0.29, 0.717) is 17.0 Å². The fourth-order valence-electron chi connectivity index (χ4n) is 3.22. The number of aliphatic imine (C=N–C) groups is 1. The molecule has 1 aromatic rings. The first-order valence-corrected chi connectivity index (χ1v) is 8.41. The van der Waals surface area contributed by atoms with Crippen LogP contribution in [-0.4, -0.2) is 44.0 Å². The number of rotatable bonds is 4. The highest BCUT2D eigenvalue weighted by molar-refractivity contribution is 6.07. The van der Waals surface area contributed by atoms with E-state index in [4.69, 9.17) is 9.47 Å². The third-order valence-corrected chi connectivity index (χ3v) is 4.45. The average molecular weight is 412 g/mol. The zero-order valence-electron chi connectivity index (χ0n) is 16.1. The van der Waals surface area contributed by atoms with Gasteiger partial charge in [0.25, 0.3) is 0 Å². The Hall–Kier alpha value is -3.17. The number of anilines is 1. The van der Waals surface area contributed by atoms with Crippen LogP contribution in [0.15, 0.2) is 40.5 Å². The third-order valence-electron chi connectivity index (χ3n) is 4.45. The molecule has 156 valence electrons. The van der Waals surface area contributed by atoms with E-state index < -0.39 is 35.9 Å². The molecule has 2 rings (SSSR count). The van der Waals surface area contributed by atoms with Gasteiger partial charge in [0.15, 0.2) is 0 Å². The van der Waals surface area contributed by atoms with E-state index in [1.54, 1.807) is 19.2 Å². The van der Waals surface area contributed by atoms with Crippen LogP contribution in [0.4, 0.5) is 18.9 Å². The van der Waals surface area contributed by atoms with E-state index in [1.165, 1.54) is 31.4 Å². The van der Waals surface area contributed by atoms with Crippen molar-refractivity contribution in [3.8, 4) is 0 Å². The molecule has 1 aromatic carbocycles. The molecule has 2 unspecified atom stereocenters. The Bertz CT molecular complexity index is 905. The second-order valence-corrected chi connectivity index (χ2v) is 6.30. The molecule has 1 heterocycles. The van der Waals surface area contributed by atoms with E-state index in [9.17, 15) is 27.6 Å². The number of methoxy groups -OCH3 is 2. The summed E-state index contributed by atoms with van der Waals surface area (Å²) in [7, 11) is 2.34. The van der Waals surface area contributed by atoms with Crippen molar-refractivity contribution in [3.05, 3.63) is 41.1 Å². The van der Waals surface area contributed by atoms with Crippen LogP contribution in [0.5, 0.6) is 0 Å². The van der Waals surface area contributed by atoms with Crippen LogP contribution < -0.4 is 5.32 Å². The topological polar surface area (TPSA) is 94.1 Å². The maximum Gasteiger partial charge on any atom is 0.471 e. The van der Waals surface area contributed by atoms with Crippen LogP contribution >= 0.6 is 0 Å². The van der Waals surface area contributed by atoms with Gasteiger partial charge in [-0.15, -0.1) is 0 Å². The molecule has 0 radical (unpaired) electrons. The van der Waals surface area contributed by atoms with Crippen LogP contribution in [0.3, 0.4) is 0 Å². The molecule has 1 amide bonds. The lowest BCUT2D eigenvalue weighted by Gasteiger charge is -2.31. The summed E-state index contributed by atoms with van der Waals surface area (Å²) in [5, 5.41) is 1.76. The number of nitrogens with zero attached hydrogens (tertiary/aromatic N) is 1. The van der Waals surface area contributed by atoms with Crippen molar-refractivity contribution in [3.63, 3.8) is 0 Å². The number of esters is 2. The summed E-state index contributed by atoms with van der Waals surface area (Å²) in [4.78, 5) is 40.3. The number of benzene rings is 1. The average Bonchev–Trinajstić information content (AvgIpc) is 2.65. The largest absolute Gasteiger partial charge is 0.471 e. The predicted octanol–water partition coefficient (Wildman–Crippen LogP) is 2.98. The highest BCUT2D eigenvalue weighted by Crippen LogP contribution is 2.40. The number of carbonyl (C=O) groups is 3. The Morgan fingerprint density at radius 1 is 1.10 bits per heavy atom. The molecule has 0 aliphatic carbocycles. The lowest BCUT2D eigenvalue weighted by Crippen LogP contribution is -2.36. The van der Waals surface area contributed by atoms with Gasteiger partial charge < -0.3 is 14.8 Å². The molecule has 1 aliphatic rings. The number of hydrogen-bond donors (Lipinski definition) is 1. The van der Waals surface area contributed by atoms with Crippen molar-refractivity contribution < 1.29 is 37.0 Å². The first-order chi connectivity index (χ1) is 13.5. The summed E-state index contributed by atoms with van der Waals surface area (Å²) in [5.74, 6) is -5.46. The standard InChI is InChI=1S/C19H19F3N2O5/c1-9-13(16(25)28-3)15(14(10(2)23-9)17(26)29-4)11-6-5-7-12(8-11)24-18(27)19(20,21)22/h5-8,13,15H,1-4H3,(H,24,27). The molecule has 2 atom stereocenters. The van der Waals surface area contributed by atoms with Gasteiger partial charge in [-0.3, -0.25) is 14.6 Å². The molecule has 7 nitrogen and oxygen atoms in total. The quantitative estimate of drug-likeness (QED) is 0.768. The van der Waals surface area contributed by atoms with Gasteiger partial charge >= 0.3 is 24.0 Å². The van der Waals surface area contributed by atoms with Crippen LogP contribution in [0, 0.1) is 5.92 Å². The molecular weight excluding hydrogens is 393 g/mol. The number of allylic oxidation sites excluding steroid dienone is 1. The minimum absolute atomic E-state index is 0.0767. The van der Waals surface area contributed by atoms with Gasteiger partial charge in [0.1, 0.15) is 5.92 Å². The molecular formula is C19H19F3N2O5. The lowest BCUT2D eigenvalue weighted by molar-refractivity contribution is -0.167. The molecule has 1 aliphatic heterocycles. The third kappa shape index (κ3) is 4.64. The van der Waals surface area contributed by atoms with Crippen molar-refractivity contribution in [1.82, 2.24) is 0 Å².